The fraction of sp³-hybridized carbons (Fsp3) is 0. The molecule has 3 N–H and O–H groups in total. The molecule has 53 valence electrons. The topological polar surface area (TPSA) is 68.4 Å². The van der Waals surface area contributed by atoms with Crippen LogP contribution in [0.5, 0.6) is 0 Å². The number of nitrogens with zero attached hydrogens (tertiary/aromatic N) is 1. The van der Waals surface area contributed by atoms with Crippen molar-refractivity contribution in [2.75, 3.05) is 0 Å². The Morgan fingerprint density at radius 3 is 1.90 bits per heavy atom. The summed E-state index contributed by atoms with van der Waals surface area (Å²) >= 11 is 0. The van der Waals surface area contributed by atoms with Gasteiger partial charge in [-0.05, 0) is 12.1 Å². The molecule has 0 bridgehead atoms. The van der Waals surface area contributed by atoms with Crippen molar-refractivity contribution >= 4 is 7.69 Å². The standard InChI is InChI=1S/C5H5N.BH3NO2/c1-2-4-6-5-3-1;2-4-1-3/h1-5H;3H,2H2. The van der Waals surface area contributed by atoms with Crippen molar-refractivity contribution in [3.8, 4) is 0 Å². The largest absolute Gasteiger partial charge is 0.503 e. The van der Waals surface area contributed by atoms with Gasteiger partial charge in [-0.25, -0.2) is 5.90 Å². The molecule has 10 heavy (non-hydrogen) atoms. The van der Waals surface area contributed by atoms with Crippen molar-refractivity contribution < 1.29 is 9.78 Å². The zero-order valence-corrected chi connectivity index (χ0v) is 5.34. The lowest BCUT2D eigenvalue weighted by molar-refractivity contribution is 0.296. The molecule has 0 aliphatic heterocycles. The number of hydrogen-bond acceptors (Lipinski definition) is 4. The molecule has 0 aromatic carbocycles. The zero-order chi connectivity index (χ0) is 7.66. The Kier molecular flexibility index (Phi) is 7.36. The summed E-state index contributed by atoms with van der Waals surface area (Å²) in [5.74, 6) is 4.22. The number of rotatable bonds is 1. The maximum atomic E-state index is 7.40. The molecule has 0 saturated carbocycles. The normalized spacial score (nSPS) is 7.40. The Morgan fingerprint density at radius 1 is 1.30 bits per heavy atom. The Balaban J connectivity index is 0.000000180. The zero-order valence-electron chi connectivity index (χ0n) is 5.34. The first-order valence-corrected chi connectivity index (χ1v) is 2.58. The summed E-state index contributed by atoms with van der Waals surface area (Å²) in [5, 5.41) is 7.40. The van der Waals surface area contributed by atoms with Crippen LogP contribution < -0.4 is 5.90 Å². The molecular weight excluding hydrogens is 131 g/mol. The molecule has 0 amide bonds. The average molecular weight is 139 g/mol. The van der Waals surface area contributed by atoms with E-state index in [1.54, 1.807) is 12.4 Å². The summed E-state index contributed by atoms with van der Waals surface area (Å²) in [6, 6.07) is 5.72. The van der Waals surface area contributed by atoms with Crippen LogP contribution in [0.15, 0.2) is 30.6 Å². The van der Waals surface area contributed by atoms with E-state index < -0.39 is 0 Å². The van der Waals surface area contributed by atoms with Crippen LogP contribution in [-0.2, 0) is 4.76 Å². The molecule has 0 fully saturated rings. The Hall–Kier alpha value is -0.905. The van der Waals surface area contributed by atoms with Gasteiger partial charge in [-0.15, -0.1) is 0 Å². The van der Waals surface area contributed by atoms with Crippen LogP contribution in [0.4, 0.5) is 0 Å². The summed E-state index contributed by atoms with van der Waals surface area (Å²) < 4.78 is 3.47. The minimum absolute atomic E-state index is 0.403. The molecule has 1 radical (unpaired) electrons. The molecule has 0 spiro atoms. The highest BCUT2D eigenvalue weighted by Crippen LogP contribution is 1.73. The molecule has 1 aromatic heterocycles. The highest BCUT2D eigenvalue weighted by Gasteiger charge is 1.66. The molecule has 1 rings (SSSR count). The summed E-state index contributed by atoms with van der Waals surface area (Å²) in [4.78, 5) is 3.78. The summed E-state index contributed by atoms with van der Waals surface area (Å²) in [5.41, 5.74) is 0. The lowest BCUT2D eigenvalue weighted by Gasteiger charge is -1.71. The minimum atomic E-state index is 0.403. The highest BCUT2D eigenvalue weighted by atomic mass is 16.6. The molecule has 1 heterocycles. The van der Waals surface area contributed by atoms with Crippen molar-refractivity contribution in [3.63, 3.8) is 0 Å². The van der Waals surface area contributed by atoms with E-state index in [2.05, 4.69) is 15.6 Å². The van der Waals surface area contributed by atoms with Gasteiger partial charge in [-0.1, -0.05) is 6.07 Å². The molecule has 0 saturated heterocycles. The third-order valence-corrected chi connectivity index (χ3v) is 0.627. The van der Waals surface area contributed by atoms with E-state index in [1.165, 1.54) is 0 Å². The summed E-state index contributed by atoms with van der Waals surface area (Å²) in [7, 11) is 0.403. The first-order valence-electron chi connectivity index (χ1n) is 2.58. The van der Waals surface area contributed by atoms with Crippen molar-refractivity contribution in [2.45, 2.75) is 0 Å². The third kappa shape index (κ3) is 7.09. The number of pyridine rings is 1. The summed E-state index contributed by atoms with van der Waals surface area (Å²) in [6.07, 6.45) is 3.50. The first-order chi connectivity index (χ1) is 4.91. The van der Waals surface area contributed by atoms with Crippen LogP contribution in [0, 0.1) is 0 Å². The van der Waals surface area contributed by atoms with E-state index in [1.807, 2.05) is 18.2 Å². The predicted molar refractivity (Wildman–Crippen MR) is 37.5 cm³/mol. The van der Waals surface area contributed by atoms with E-state index in [-0.39, 0.29) is 0 Å². The van der Waals surface area contributed by atoms with E-state index in [9.17, 15) is 0 Å². The van der Waals surface area contributed by atoms with Gasteiger partial charge in [0.15, 0.2) is 0 Å². The second-order valence-corrected chi connectivity index (χ2v) is 1.27. The van der Waals surface area contributed by atoms with Crippen molar-refractivity contribution in [1.29, 1.82) is 0 Å². The first kappa shape index (κ1) is 9.09. The molecule has 0 unspecified atom stereocenters. The van der Waals surface area contributed by atoms with Crippen LogP contribution in [0.3, 0.4) is 0 Å². The lowest BCUT2D eigenvalue weighted by atomic mass is 10.4. The maximum absolute atomic E-state index is 7.40. The number of aromatic nitrogens is 1. The second kappa shape index (κ2) is 8.09. The fourth-order valence-corrected chi connectivity index (χ4v) is 0.313. The second-order valence-electron chi connectivity index (χ2n) is 1.27. The summed E-state index contributed by atoms with van der Waals surface area (Å²) in [6.45, 7) is 0. The highest BCUT2D eigenvalue weighted by molar-refractivity contribution is 6.15. The van der Waals surface area contributed by atoms with Crippen LogP contribution in [0.1, 0.15) is 0 Å². The van der Waals surface area contributed by atoms with E-state index >= 15 is 0 Å². The molecule has 4 nitrogen and oxygen atoms in total. The molecule has 0 atom stereocenters. The molecule has 1 aromatic rings. The third-order valence-electron chi connectivity index (χ3n) is 0.627. The van der Waals surface area contributed by atoms with E-state index in [0.717, 1.165) is 0 Å². The van der Waals surface area contributed by atoms with Gasteiger partial charge < -0.3 is 9.78 Å². The van der Waals surface area contributed by atoms with Gasteiger partial charge in [0.25, 0.3) is 0 Å². The molecule has 5 heteroatoms. The Morgan fingerprint density at radius 2 is 1.80 bits per heavy atom. The van der Waals surface area contributed by atoms with E-state index in [0.29, 0.717) is 7.69 Å². The molecule has 0 aliphatic carbocycles. The molecule has 0 aliphatic rings. The lowest BCUT2D eigenvalue weighted by Crippen LogP contribution is -2.02. The fourth-order valence-electron chi connectivity index (χ4n) is 0.313. The Bertz CT molecular complexity index is 110. The van der Waals surface area contributed by atoms with Crippen LogP contribution in [-0.4, -0.2) is 17.7 Å². The average Bonchev–Trinajstić information content (AvgIpc) is 2.08. The number of hydrogen-bond donors (Lipinski definition) is 2. The van der Waals surface area contributed by atoms with Crippen molar-refractivity contribution in [1.82, 2.24) is 4.98 Å². The van der Waals surface area contributed by atoms with Gasteiger partial charge >= 0.3 is 7.69 Å². The van der Waals surface area contributed by atoms with Gasteiger partial charge in [0.05, 0.1) is 0 Å². The minimum Gasteiger partial charge on any atom is -0.428 e. The van der Waals surface area contributed by atoms with Crippen LogP contribution in [0.25, 0.3) is 0 Å². The van der Waals surface area contributed by atoms with Gasteiger partial charge in [0.1, 0.15) is 0 Å². The SMILES string of the molecule is NO[B]O.c1ccncc1. The van der Waals surface area contributed by atoms with E-state index in [4.69, 9.17) is 5.02 Å². The van der Waals surface area contributed by atoms with Crippen LogP contribution in [0.2, 0.25) is 0 Å². The van der Waals surface area contributed by atoms with Gasteiger partial charge in [-0.3, -0.25) is 4.98 Å². The van der Waals surface area contributed by atoms with Gasteiger partial charge in [-0.2, -0.15) is 0 Å². The quantitative estimate of drug-likeness (QED) is 0.405. The molecular formula is C5H8BN2O2. The number of nitrogens with two attached hydrogens (primary N) is 1. The van der Waals surface area contributed by atoms with Crippen molar-refractivity contribution in [3.05, 3.63) is 30.6 Å². The smallest absolute Gasteiger partial charge is 0.428 e. The Labute approximate surface area is 59.9 Å². The predicted octanol–water partition coefficient (Wildman–Crippen LogP) is -0.515. The monoisotopic (exact) mass is 139 g/mol. The van der Waals surface area contributed by atoms with Gasteiger partial charge in [0, 0.05) is 12.4 Å². The van der Waals surface area contributed by atoms with Crippen LogP contribution >= 0.6 is 0 Å². The van der Waals surface area contributed by atoms with Gasteiger partial charge in [0.2, 0.25) is 0 Å². The van der Waals surface area contributed by atoms with Crippen molar-refractivity contribution in [2.24, 2.45) is 5.90 Å². The maximum Gasteiger partial charge on any atom is 0.503 e.